The Labute approximate surface area is 205 Å². The van der Waals surface area contributed by atoms with Crippen LogP contribution in [0, 0.1) is 0 Å². The number of nitrogens with zero attached hydrogens (tertiary/aromatic N) is 4. The number of amides is 1. The zero-order valence-corrected chi connectivity index (χ0v) is 20.6. The Bertz CT molecular complexity index is 1500. The van der Waals surface area contributed by atoms with Crippen LogP contribution in [0.5, 0.6) is 0 Å². The highest BCUT2D eigenvalue weighted by Crippen LogP contribution is 2.14. The molecule has 0 aliphatic carbocycles. The Kier molecular flexibility index (Phi) is 7.52. The number of carbonyl (C=O) groups excluding carboxylic acids is 2. The van der Waals surface area contributed by atoms with E-state index in [-0.39, 0.29) is 34.7 Å². The van der Waals surface area contributed by atoms with Gasteiger partial charge in [0.25, 0.3) is 11.5 Å². The van der Waals surface area contributed by atoms with E-state index in [0.29, 0.717) is 35.7 Å². The van der Waals surface area contributed by atoms with Crippen LogP contribution < -0.4 is 11.0 Å². The Hall–Kier alpha value is -3.63. The van der Waals surface area contributed by atoms with Gasteiger partial charge >= 0.3 is 5.97 Å². The molecule has 0 atom stereocenters. The minimum absolute atomic E-state index is 0.0313. The van der Waals surface area contributed by atoms with Gasteiger partial charge in [-0.25, -0.2) is 9.78 Å². The zero-order chi connectivity index (χ0) is 24.9. The lowest BCUT2D eigenvalue weighted by molar-refractivity contribution is 0.0523. The minimum Gasteiger partial charge on any atom is -0.462 e. The molecule has 35 heavy (non-hydrogen) atoms. The number of fused-ring (bicyclic) bond motifs is 2. The summed E-state index contributed by atoms with van der Waals surface area (Å²) in [6.45, 7) is 6.47. The molecule has 0 N–H and O–H groups in total. The van der Waals surface area contributed by atoms with E-state index in [1.807, 2.05) is 13.8 Å². The van der Waals surface area contributed by atoms with E-state index in [1.54, 1.807) is 53.4 Å². The number of thiophene rings is 1. The number of ether oxygens (including phenoxy) is 2. The van der Waals surface area contributed by atoms with Crippen LogP contribution in [0.25, 0.3) is 16.7 Å². The first-order valence-corrected chi connectivity index (χ1v) is 12.2. The summed E-state index contributed by atoms with van der Waals surface area (Å²) in [5.74, 6) is -1.16. The van der Waals surface area contributed by atoms with Crippen LogP contribution >= 0.6 is 11.3 Å². The van der Waals surface area contributed by atoms with Crippen LogP contribution in [0.2, 0.25) is 0 Å². The van der Waals surface area contributed by atoms with E-state index in [4.69, 9.17) is 14.5 Å². The first-order chi connectivity index (χ1) is 16.9. The molecule has 0 saturated carbocycles. The van der Waals surface area contributed by atoms with Crippen LogP contribution in [0.15, 0.2) is 57.8 Å². The molecule has 0 aromatic carbocycles. The fourth-order valence-electron chi connectivity index (χ4n) is 3.66. The fraction of sp³-hybridized carbons (Fsp3) is 0.320. The van der Waals surface area contributed by atoms with Crippen molar-refractivity contribution >= 4 is 39.9 Å². The minimum atomic E-state index is -0.670. The fourth-order valence-corrected chi connectivity index (χ4v) is 4.27. The molecule has 0 bridgehead atoms. The van der Waals surface area contributed by atoms with Gasteiger partial charge in [-0.2, -0.15) is 4.99 Å². The average molecular weight is 495 g/mol. The number of hydrogen-bond donors (Lipinski definition) is 0. The predicted molar refractivity (Wildman–Crippen MR) is 133 cm³/mol. The number of aromatic nitrogens is 3. The first kappa shape index (κ1) is 24.5. The van der Waals surface area contributed by atoms with Crippen molar-refractivity contribution in [2.45, 2.75) is 39.8 Å². The van der Waals surface area contributed by atoms with Gasteiger partial charge in [-0.3, -0.25) is 14.0 Å². The van der Waals surface area contributed by atoms with Crippen LogP contribution in [-0.2, 0) is 16.0 Å². The largest absolute Gasteiger partial charge is 0.462 e. The molecular weight excluding hydrogens is 468 g/mol. The maximum Gasteiger partial charge on any atom is 0.341 e. The average Bonchev–Trinajstić information content (AvgIpc) is 3.38. The Morgan fingerprint density at radius 3 is 2.74 bits per heavy atom. The highest BCUT2D eigenvalue weighted by molar-refractivity contribution is 7.12. The molecule has 0 unspecified atom stereocenters. The quantitative estimate of drug-likeness (QED) is 0.211. The number of carbonyl (C=O) groups is 2. The molecular formula is C25H26N4O5S. The second-order valence-corrected chi connectivity index (χ2v) is 8.95. The van der Waals surface area contributed by atoms with Crippen LogP contribution in [0.3, 0.4) is 0 Å². The maximum atomic E-state index is 13.3. The smallest absolute Gasteiger partial charge is 0.341 e. The first-order valence-electron chi connectivity index (χ1n) is 11.4. The lowest BCUT2D eigenvalue weighted by Crippen LogP contribution is -2.33. The summed E-state index contributed by atoms with van der Waals surface area (Å²) in [7, 11) is 0. The second kappa shape index (κ2) is 10.7. The lowest BCUT2D eigenvalue weighted by Gasteiger charge is -2.15. The number of rotatable bonds is 8. The molecule has 4 aromatic rings. The number of esters is 1. The number of aryl methyl sites for hydroxylation is 1. The molecule has 0 fully saturated rings. The van der Waals surface area contributed by atoms with Gasteiger partial charge in [-0.05, 0) is 56.8 Å². The van der Waals surface area contributed by atoms with Gasteiger partial charge in [0.2, 0.25) is 0 Å². The third-order valence-corrected chi connectivity index (χ3v) is 6.06. The summed E-state index contributed by atoms with van der Waals surface area (Å²) in [6, 6.07) is 10.1. The molecule has 0 aliphatic rings. The van der Waals surface area contributed by atoms with E-state index >= 15 is 0 Å². The molecule has 4 heterocycles. The van der Waals surface area contributed by atoms with Crippen LogP contribution in [-0.4, -0.2) is 45.1 Å². The van der Waals surface area contributed by atoms with Crippen molar-refractivity contribution in [2.75, 3.05) is 13.2 Å². The molecule has 4 aromatic heterocycles. The van der Waals surface area contributed by atoms with Crippen LogP contribution in [0.1, 0.15) is 47.2 Å². The van der Waals surface area contributed by atoms with Gasteiger partial charge < -0.3 is 14.0 Å². The highest BCUT2D eigenvalue weighted by Gasteiger charge is 2.20. The van der Waals surface area contributed by atoms with E-state index < -0.39 is 11.9 Å². The van der Waals surface area contributed by atoms with Crippen molar-refractivity contribution in [3.63, 3.8) is 0 Å². The standard InChI is InChI=1S/C25H26N4O5S/c1-4-33-25(32)18-15-17-21(26-20-10-5-6-11-28(20)24(17)31)29(12-8-13-34-16(2)3)22(18)27-23(30)19-9-7-14-35-19/h5-7,9-11,14-16H,4,8,12-13H2,1-3H3. The third kappa shape index (κ3) is 5.23. The van der Waals surface area contributed by atoms with Crippen LogP contribution in [0.4, 0.5) is 0 Å². The Morgan fingerprint density at radius 1 is 1.20 bits per heavy atom. The van der Waals surface area contributed by atoms with Crippen molar-refractivity contribution in [3.05, 3.63) is 74.3 Å². The van der Waals surface area contributed by atoms with Crippen molar-refractivity contribution in [3.8, 4) is 0 Å². The number of pyridine rings is 2. The Morgan fingerprint density at radius 2 is 2.03 bits per heavy atom. The second-order valence-electron chi connectivity index (χ2n) is 8.00. The monoisotopic (exact) mass is 494 g/mol. The summed E-state index contributed by atoms with van der Waals surface area (Å²) in [5.41, 5.74) is 0.572. The highest BCUT2D eigenvalue weighted by atomic mass is 32.1. The van der Waals surface area contributed by atoms with E-state index in [1.165, 1.54) is 21.8 Å². The van der Waals surface area contributed by atoms with Gasteiger partial charge in [0.05, 0.1) is 23.0 Å². The lowest BCUT2D eigenvalue weighted by atomic mass is 10.2. The molecule has 4 rings (SSSR count). The van der Waals surface area contributed by atoms with Gasteiger partial charge in [-0.15, -0.1) is 11.3 Å². The molecule has 0 radical (unpaired) electrons. The van der Waals surface area contributed by atoms with Crippen molar-refractivity contribution in [1.29, 1.82) is 0 Å². The summed E-state index contributed by atoms with van der Waals surface area (Å²) in [4.78, 5) is 48.7. The summed E-state index contributed by atoms with van der Waals surface area (Å²) < 4.78 is 14.0. The summed E-state index contributed by atoms with van der Waals surface area (Å²) in [6.07, 6.45) is 2.22. The molecule has 182 valence electrons. The third-order valence-electron chi connectivity index (χ3n) is 5.20. The van der Waals surface area contributed by atoms with Gasteiger partial charge in [0.15, 0.2) is 5.49 Å². The predicted octanol–water partition coefficient (Wildman–Crippen LogP) is 3.44. The zero-order valence-electron chi connectivity index (χ0n) is 19.8. The van der Waals surface area contributed by atoms with Crippen molar-refractivity contribution < 1.29 is 19.1 Å². The van der Waals surface area contributed by atoms with Gasteiger partial charge in [-0.1, -0.05) is 12.1 Å². The van der Waals surface area contributed by atoms with E-state index in [9.17, 15) is 14.4 Å². The molecule has 0 aliphatic heterocycles. The summed E-state index contributed by atoms with van der Waals surface area (Å²) >= 11 is 1.26. The maximum absolute atomic E-state index is 13.3. The summed E-state index contributed by atoms with van der Waals surface area (Å²) in [5, 5.41) is 2.01. The molecule has 9 nitrogen and oxygen atoms in total. The van der Waals surface area contributed by atoms with E-state index in [0.717, 1.165) is 0 Å². The van der Waals surface area contributed by atoms with Crippen molar-refractivity contribution in [1.82, 2.24) is 14.0 Å². The van der Waals surface area contributed by atoms with Gasteiger partial charge in [0.1, 0.15) is 16.9 Å². The Balaban J connectivity index is 2.03. The van der Waals surface area contributed by atoms with Crippen molar-refractivity contribution in [2.24, 2.45) is 4.99 Å². The topological polar surface area (TPSA) is 104 Å². The molecule has 1 amide bonds. The van der Waals surface area contributed by atoms with Gasteiger partial charge in [0, 0.05) is 19.3 Å². The molecule has 0 saturated heterocycles. The van der Waals surface area contributed by atoms with E-state index in [2.05, 4.69) is 4.99 Å². The SMILES string of the molecule is CCOC(=O)c1cc2c(=O)n3ccccc3nc2n(CCCOC(C)C)c1=NC(=O)c1cccs1. The molecule has 10 heteroatoms. The normalized spacial score (nSPS) is 12.1. The number of hydrogen-bond acceptors (Lipinski definition) is 7. The molecule has 0 spiro atoms.